The van der Waals surface area contributed by atoms with Crippen LogP contribution in [0.25, 0.3) is 0 Å². The summed E-state index contributed by atoms with van der Waals surface area (Å²) in [5.41, 5.74) is 0. The van der Waals surface area contributed by atoms with Crippen LogP contribution in [0.5, 0.6) is 0 Å². The summed E-state index contributed by atoms with van der Waals surface area (Å²) in [4.78, 5) is 4.39. The largest absolute Gasteiger partial charge is 0.378 e. The lowest BCUT2D eigenvalue weighted by Gasteiger charge is -2.30. The highest BCUT2D eigenvalue weighted by Gasteiger charge is 2.27. The summed E-state index contributed by atoms with van der Waals surface area (Å²) >= 11 is 0. The van der Waals surface area contributed by atoms with Crippen molar-refractivity contribution >= 4 is 40.7 Å². The molecule has 0 saturated heterocycles. The van der Waals surface area contributed by atoms with E-state index in [2.05, 4.69) is 22.5 Å². The fourth-order valence-electron chi connectivity index (χ4n) is 4.47. The van der Waals surface area contributed by atoms with E-state index in [1.54, 1.807) is 0 Å². The van der Waals surface area contributed by atoms with Gasteiger partial charge in [0.15, 0.2) is 5.96 Å². The van der Waals surface area contributed by atoms with Crippen molar-refractivity contribution in [3.8, 4) is 0 Å². The predicted molar refractivity (Wildman–Crippen MR) is 127 cm³/mol. The molecule has 2 rings (SSSR count). The topological polar surface area (TPSA) is 62.7 Å². The van der Waals surface area contributed by atoms with Gasteiger partial charge in [0.1, 0.15) is 0 Å². The fourth-order valence-corrected chi connectivity index (χ4v) is 5.82. The molecule has 0 spiro atoms. The standard InChI is InChI=1S/C20H39N3O2S.HI/c1-4-25-19(16-9-6-7-10-16)13-14-22-20(21-3)23-17-11-8-12-18(15-17)26(24)5-2;/h16-19H,4-15H2,1-3H3,(H2,21,22,23);1H. The van der Waals surface area contributed by atoms with Crippen LogP contribution in [-0.2, 0) is 15.5 Å². The van der Waals surface area contributed by atoms with E-state index in [-0.39, 0.29) is 24.0 Å². The number of rotatable bonds is 9. The highest BCUT2D eigenvalue weighted by Crippen LogP contribution is 2.30. The Morgan fingerprint density at radius 3 is 2.56 bits per heavy atom. The molecule has 160 valence electrons. The van der Waals surface area contributed by atoms with Crippen LogP contribution in [0.3, 0.4) is 0 Å². The highest BCUT2D eigenvalue weighted by molar-refractivity contribution is 14.0. The maximum Gasteiger partial charge on any atom is 0.191 e. The second-order valence-electron chi connectivity index (χ2n) is 7.63. The molecule has 0 heterocycles. The first-order valence-electron chi connectivity index (χ1n) is 10.6. The van der Waals surface area contributed by atoms with Crippen molar-refractivity contribution in [3.63, 3.8) is 0 Å². The molecule has 0 radical (unpaired) electrons. The first-order valence-corrected chi connectivity index (χ1v) is 12.0. The summed E-state index contributed by atoms with van der Waals surface area (Å²) in [6.07, 6.45) is 11.1. The van der Waals surface area contributed by atoms with Crippen LogP contribution in [0.2, 0.25) is 0 Å². The smallest absolute Gasteiger partial charge is 0.191 e. The van der Waals surface area contributed by atoms with Gasteiger partial charge in [0, 0.05) is 48.0 Å². The van der Waals surface area contributed by atoms with Crippen LogP contribution in [0, 0.1) is 5.92 Å². The van der Waals surface area contributed by atoms with E-state index in [0.29, 0.717) is 17.4 Å². The van der Waals surface area contributed by atoms with Crippen molar-refractivity contribution in [1.29, 1.82) is 0 Å². The third-order valence-corrected chi connectivity index (χ3v) is 7.62. The summed E-state index contributed by atoms with van der Waals surface area (Å²) in [6, 6.07) is 0.382. The molecule has 0 aliphatic heterocycles. The van der Waals surface area contributed by atoms with Crippen LogP contribution in [0.1, 0.15) is 71.6 Å². The summed E-state index contributed by atoms with van der Waals surface area (Å²) in [7, 11) is 1.15. The Morgan fingerprint density at radius 1 is 1.19 bits per heavy atom. The zero-order valence-corrected chi connectivity index (χ0v) is 20.5. The van der Waals surface area contributed by atoms with E-state index in [0.717, 1.165) is 62.9 Å². The lowest BCUT2D eigenvalue weighted by atomic mass is 9.95. The van der Waals surface area contributed by atoms with E-state index < -0.39 is 10.8 Å². The zero-order chi connectivity index (χ0) is 18.8. The van der Waals surface area contributed by atoms with Crippen molar-refractivity contribution in [2.24, 2.45) is 10.9 Å². The second kappa shape index (κ2) is 14.1. The maximum atomic E-state index is 12.1. The number of hydrogen-bond acceptors (Lipinski definition) is 3. The molecule has 2 N–H and O–H groups in total. The molecule has 4 unspecified atom stereocenters. The third kappa shape index (κ3) is 8.56. The van der Waals surface area contributed by atoms with Gasteiger partial charge in [-0.25, -0.2) is 0 Å². The van der Waals surface area contributed by atoms with Crippen LogP contribution in [0.15, 0.2) is 4.99 Å². The number of ether oxygens (including phenoxy) is 1. The zero-order valence-electron chi connectivity index (χ0n) is 17.4. The van der Waals surface area contributed by atoms with E-state index in [9.17, 15) is 4.21 Å². The number of halogens is 1. The molecule has 2 saturated carbocycles. The van der Waals surface area contributed by atoms with Gasteiger partial charge in [-0.15, -0.1) is 24.0 Å². The molecule has 0 aromatic carbocycles. The quantitative estimate of drug-likeness (QED) is 0.280. The SMILES string of the molecule is CCOC(CCNC(=NC)NC1CCCC(S(=O)CC)C1)C1CCCC1.I. The minimum atomic E-state index is -0.683. The number of hydrogen-bond donors (Lipinski definition) is 2. The molecule has 0 amide bonds. The number of nitrogens with zero attached hydrogens (tertiary/aromatic N) is 1. The molecule has 0 bridgehead atoms. The van der Waals surface area contributed by atoms with Crippen molar-refractivity contribution in [2.45, 2.75) is 89.0 Å². The lowest BCUT2D eigenvalue weighted by molar-refractivity contribution is 0.0169. The molecular formula is C20H40IN3O2S. The average molecular weight is 514 g/mol. The molecule has 5 nitrogen and oxygen atoms in total. The molecule has 27 heavy (non-hydrogen) atoms. The van der Waals surface area contributed by atoms with Crippen molar-refractivity contribution in [3.05, 3.63) is 0 Å². The van der Waals surface area contributed by atoms with Crippen LogP contribution < -0.4 is 10.6 Å². The molecule has 2 aliphatic carbocycles. The molecule has 2 fully saturated rings. The molecule has 0 aromatic rings. The Labute approximate surface area is 185 Å². The molecule has 7 heteroatoms. The normalized spacial score (nSPS) is 26.3. The summed E-state index contributed by atoms with van der Waals surface area (Å²) in [6.45, 7) is 5.80. The second-order valence-corrected chi connectivity index (χ2v) is 9.63. The number of guanidine groups is 1. The van der Waals surface area contributed by atoms with Gasteiger partial charge in [-0.3, -0.25) is 9.20 Å². The van der Waals surface area contributed by atoms with Crippen LogP contribution >= 0.6 is 24.0 Å². The molecule has 4 atom stereocenters. The van der Waals surface area contributed by atoms with Crippen molar-refractivity contribution in [2.75, 3.05) is 26.0 Å². The van der Waals surface area contributed by atoms with Crippen molar-refractivity contribution in [1.82, 2.24) is 10.6 Å². The minimum absolute atomic E-state index is 0. The lowest BCUT2D eigenvalue weighted by Crippen LogP contribution is -2.47. The van der Waals surface area contributed by atoms with E-state index in [4.69, 9.17) is 4.74 Å². The Hall–Kier alpha value is 0.110. The number of nitrogens with one attached hydrogen (secondary N) is 2. The van der Waals surface area contributed by atoms with Gasteiger partial charge in [-0.1, -0.05) is 26.2 Å². The van der Waals surface area contributed by atoms with Gasteiger partial charge in [0.2, 0.25) is 0 Å². The summed E-state index contributed by atoms with van der Waals surface area (Å²) in [5, 5.41) is 7.37. The monoisotopic (exact) mass is 513 g/mol. The van der Waals surface area contributed by atoms with Crippen molar-refractivity contribution < 1.29 is 8.95 Å². The maximum absolute atomic E-state index is 12.1. The average Bonchev–Trinajstić information content (AvgIpc) is 3.20. The fraction of sp³-hybridized carbons (Fsp3) is 0.950. The minimum Gasteiger partial charge on any atom is -0.378 e. The Bertz CT molecular complexity index is 459. The Balaban J connectivity index is 0.00000364. The summed E-state index contributed by atoms with van der Waals surface area (Å²) in [5.74, 6) is 2.37. The number of aliphatic imine (C=N–C) groups is 1. The van der Waals surface area contributed by atoms with E-state index in [1.165, 1.54) is 25.7 Å². The van der Waals surface area contributed by atoms with E-state index >= 15 is 0 Å². The molecule has 2 aliphatic rings. The van der Waals surface area contributed by atoms with Crippen LogP contribution in [-0.4, -0.2) is 53.5 Å². The van der Waals surface area contributed by atoms with Crippen LogP contribution in [0.4, 0.5) is 0 Å². The molecule has 0 aromatic heterocycles. The third-order valence-electron chi connectivity index (χ3n) is 5.87. The highest BCUT2D eigenvalue weighted by atomic mass is 127. The molecular weight excluding hydrogens is 473 g/mol. The first kappa shape index (κ1) is 25.1. The van der Waals surface area contributed by atoms with Gasteiger partial charge in [0.05, 0.1) is 6.10 Å². The van der Waals surface area contributed by atoms with Gasteiger partial charge in [-0.05, 0) is 51.4 Å². The first-order chi connectivity index (χ1) is 12.7. The van der Waals surface area contributed by atoms with E-state index in [1.807, 2.05) is 14.0 Å². The predicted octanol–water partition coefficient (Wildman–Crippen LogP) is 3.83. The summed E-state index contributed by atoms with van der Waals surface area (Å²) < 4.78 is 18.1. The van der Waals surface area contributed by atoms with Gasteiger partial charge in [-0.2, -0.15) is 0 Å². The Kier molecular flexibility index (Phi) is 13.2. The van der Waals surface area contributed by atoms with Gasteiger partial charge in [0.25, 0.3) is 0 Å². The van der Waals surface area contributed by atoms with Gasteiger partial charge >= 0.3 is 0 Å². The van der Waals surface area contributed by atoms with Gasteiger partial charge < -0.3 is 15.4 Å². The Morgan fingerprint density at radius 2 is 1.93 bits per heavy atom.